The summed E-state index contributed by atoms with van der Waals surface area (Å²) >= 11 is 0. The highest BCUT2D eigenvalue weighted by Gasteiger charge is 2.31. The summed E-state index contributed by atoms with van der Waals surface area (Å²) in [6, 6.07) is 9.43. The maximum Gasteiger partial charge on any atom is 0.321 e. The zero-order valence-corrected chi connectivity index (χ0v) is 17.7. The van der Waals surface area contributed by atoms with Crippen molar-refractivity contribution >= 4 is 17.6 Å². The van der Waals surface area contributed by atoms with E-state index in [1.165, 1.54) is 73.9 Å². The van der Waals surface area contributed by atoms with Crippen LogP contribution in [-0.4, -0.2) is 33.7 Å². The van der Waals surface area contributed by atoms with Crippen LogP contribution in [0.4, 0.5) is 19.3 Å². The summed E-state index contributed by atoms with van der Waals surface area (Å²) in [5.41, 5.74) is 0.762. The SMILES string of the molecule is CN1C=C(C(=O)Nc2cc(-c3ccnn(C)c3=O)ccc2F)[C@H](c2ccc(F)cc2)NC1=O. The van der Waals surface area contributed by atoms with Gasteiger partial charge < -0.3 is 15.5 Å². The number of amides is 3. The summed E-state index contributed by atoms with van der Waals surface area (Å²) in [5, 5.41) is 9.05. The topological polar surface area (TPSA) is 96.3 Å². The van der Waals surface area contributed by atoms with Gasteiger partial charge >= 0.3 is 6.03 Å². The number of carbonyl (C=O) groups is 2. The van der Waals surface area contributed by atoms with E-state index in [4.69, 9.17) is 0 Å². The monoisotopic (exact) mass is 451 g/mol. The highest BCUT2D eigenvalue weighted by atomic mass is 19.1. The van der Waals surface area contributed by atoms with E-state index in [9.17, 15) is 23.2 Å². The van der Waals surface area contributed by atoms with E-state index in [1.54, 1.807) is 0 Å². The standard InChI is InChI=1S/C23H19F2N5O3/c1-29-12-17(20(28-23(29)33)13-3-6-15(24)7-4-13)21(31)27-19-11-14(5-8-18(19)25)16-9-10-26-30(2)22(16)32/h3-12,20H,1-2H3,(H,27,31)(H,28,33)/t20-/m0/s1. The van der Waals surface area contributed by atoms with Crippen molar-refractivity contribution in [1.82, 2.24) is 20.0 Å². The van der Waals surface area contributed by atoms with E-state index in [1.807, 2.05) is 0 Å². The first kappa shape index (κ1) is 21.9. The van der Waals surface area contributed by atoms with Crippen molar-refractivity contribution in [2.75, 3.05) is 12.4 Å². The molecule has 2 aromatic carbocycles. The molecule has 0 bridgehead atoms. The number of hydrogen-bond donors (Lipinski definition) is 2. The highest BCUT2D eigenvalue weighted by Crippen LogP contribution is 2.28. The third-order valence-electron chi connectivity index (χ3n) is 5.23. The predicted octanol–water partition coefficient (Wildman–Crippen LogP) is 2.94. The highest BCUT2D eigenvalue weighted by molar-refractivity contribution is 6.06. The molecule has 10 heteroatoms. The number of aromatic nitrogens is 2. The Kier molecular flexibility index (Phi) is 5.74. The van der Waals surface area contributed by atoms with Crippen molar-refractivity contribution in [3.8, 4) is 11.1 Å². The van der Waals surface area contributed by atoms with Gasteiger partial charge in [0.25, 0.3) is 11.5 Å². The summed E-state index contributed by atoms with van der Waals surface area (Å²) in [5.74, 6) is -1.84. The van der Waals surface area contributed by atoms with E-state index in [-0.39, 0.29) is 22.4 Å². The Bertz CT molecular complexity index is 1330. The average Bonchev–Trinajstić information content (AvgIpc) is 2.79. The minimum absolute atomic E-state index is 0.119. The molecule has 1 aliphatic rings. The molecule has 0 saturated carbocycles. The third kappa shape index (κ3) is 4.36. The van der Waals surface area contributed by atoms with E-state index in [0.717, 1.165) is 10.7 Å². The summed E-state index contributed by atoms with van der Waals surface area (Å²) in [7, 11) is 2.96. The van der Waals surface area contributed by atoms with Gasteiger partial charge in [-0.1, -0.05) is 18.2 Å². The van der Waals surface area contributed by atoms with Crippen molar-refractivity contribution in [3.05, 3.63) is 94.1 Å². The van der Waals surface area contributed by atoms with Crippen molar-refractivity contribution in [2.45, 2.75) is 6.04 Å². The average molecular weight is 451 g/mol. The van der Waals surface area contributed by atoms with Crippen LogP contribution < -0.4 is 16.2 Å². The van der Waals surface area contributed by atoms with Crippen molar-refractivity contribution < 1.29 is 18.4 Å². The van der Waals surface area contributed by atoms with E-state index in [0.29, 0.717) is 11.1 Å². The number of nitrogens with zero attached hydrogens (tertiary/aromatic N) is 3. The maximum atomic E-state index is 14.5. The number of benzene rings is 2. The summed E-state index contributed by atoms with van der Waals surface area (Å²) < 4.78 is 29.0. The van der Waals surface area contributed by atoms with Crippen LogP contribution in [-0.2, 0) is 11.8 Å². The molecule has 0 saturated heterocycles. The molecule has 1 aliphatic heterocycles. The fourth-order valence-corrected chi connectivity index (χ4v) is 3.46. The van der Waals surface area contributed by atoms with Crippen molar-refractivity contribution in [1.29, 1.82) is 0 Å². The number of halogens is 2. The first-order valence-corrected chi connectivity index (χ1v) is 9.88. The second-order valence-electron chi connectivity index (χ2n) is 7.45. The molecule has 1 aromatic heterocycles. The van der Waals surface area contributed by atoms with Gasteiger partial charge in [0.1, 0.15) is 11.6 Å². The van der Waals surface area contributed by atoms with Crippen LogP contribution in [0.2, 0.25) is 0 Å². The minimum Gasteiger partial charge on any atom is -0.327 e. The fourth-order valence-electron chi connectivity index (χ4n) is 3.46. The first-order valence-electron chi connectivity index (χ1n) is 9.88. The van der Waals surface area contributed by atoms with E-state index < -0.39 is 29.6 Å². The lowest BCUT2D eigenvalue weighted by Gasteiger charge is -2.30. The predicted molar refractivity (Wildman–Crippen MR) is 117 cm³/mol. The quantitative estimate of drug-likeness (QED) is 0.638. The fraction of sp³-hybridized carbons (Fsp3) is 0.130. The Hall–Kier alpha value is -4.34. The number of aryl methyl sites for hydroxylation is 1. The van der Waals surface area contributed by atoms with Crippen LogP contribution in [0.25, 0.3) is 11.1 Å². The molecule has 8 nitrogen and oxygen atoms in total. The normalized spacial score (nSPS) is 15.6. The van der Waals surface area contributed by atoms with Crippen LogP contribution in [0.5, 0.6) is 0 Å². The number of carbonyl (C=O) groups excluding carboxylic acids is 2. The number of urea groups is 1. The van der Waals surface area contributed by atoms with Gasteiger partial charge in [-0.05, 0) is 41.5 Å². The van der Waals surface area contributed by atoms with Gasteiger partial charge in [-0.2, -0.15) is 5.10 Å². The van der Waals surface area contributed by atoms with Crippen molar-refractivity contribution in [3.63, 3.8) is 0 Å². The molecule has 3 amide bonds. The molecule has 0 unspecified atom stereocenters. The van der Waals surface area contributed by atoms with Gasteiger partial charge in [-0.3, -0.25) is 9.59 Å². The van der Waals surface area contributed by atoms with Gasteiger partial charge in [0.05, 0.1) is 22.9 Å². The molecular weight excluding hydrogens is 432 g/mol. The molecule has 3 aromatic rings. The molecule has 168 valence electrons. The molecule has 0 spiro atoms. The molecule has 0 radical (unpaired) electrons. The summed E-state index contributed by atoms with van der Waals surface area (Å²) in [6.07, 6.45) is 2.78. The molecule has 4 rings (SSSR count). The Labute approximate surface area is 187 Å². The van der Waals surface area contributed by atoms with Crippen molar-refractivity contribution in [2.24, 2.45) is 7.05 Å². The summed E-state index contributed by atoms with van der Waals surface area (Å²) in [4.78, 5) is 38.8. The molecular formula is C23H19F2N5O3. The molecule has 2 heterocycles. The second-order valence-corrected chi connectivity index (χ2v) is 7.45. The Morgan fingerprint density at radius 1 is 1.06 bits per heavy atom. The number of anilines is 1. The van der Waals surface area contributed by atoms with Crippen LogP contribution >= 0.6 is 0 Å². The number of hydrogen-bond acceptors (Lipinski definition) is 4. The van der Waals surface area contributed by atoms with Crippen LogP contribution in [0.3, 0.4) is 0 Å². The van der Waals surface area contributed by atoms with E-state index in [2.05, 4.69) is 15.7 Å². The van der Waals surface area contributed by atoms with Gasteiger partial charge in [0.2, 0.25) is 0 Å². The molecule has 33 heavy (non-hydrogen) atoms. The number of rotatable bonds is 4. The maximum absolute atomic E-state index is 14.5. The second kappa shape index (κ2) is 8.65. The summed E-state index contributed by atoms with van der Waals surface area (Å²) in [6.45, 7) is 0. The molecule has 1 atom stereocenters. The lowest BCUT2D eigenvalue weighted by atomic mass is 9.97. The zero-order valence-electron chi connectivity index (χ0n) is 17.7. The van der Waals surface area contributed by atoms with Crippen LogP contribution in [0.1, 0.15) is 11.6 Å². The Morgan fingerprint density at radius 3 is 2.52 bits per heavy atom. The largest absolute Gasteiger partial charge is 0.327 e. The third-order valence-corrected chi connectivity index (χ3v) is 5.23. The zero-order chi connectivity index (χ0) is 23.7. The smallest absolute Gasteiger partial charge is 0.321 e. The van der Waals surface area contributed by atoms with Gasteiger partial charge in [-0.15, -0.1) is 0 Å². The molecule has 2 N–H and O–H groups in total. The van der Waals surface area contributed by atoms with Gasteiger partial charge in [0, 0.05) is 26.5 Å². The molecule has 0 aliphatic carbocycles. The van der Waals surface area contributed by atoms with E-state index >= 15 is 0 Å². The lowest BCUT2D eigenvalue weighted by molar-refractivity contribution is -0.113. The lowest BCUT2D eigenvalue weighted by Crippen LogP contribution is -2.44. The van der Waals surface area contributed by atoms with Gasteiger partial charge in [-0.25, -0.2) is 18.3 Å². The first-order chi connectivity index (χ1) is 15.7. The molecule has 0 fully saturated rings. The Balaban J connectivity index is 1.68. The number of nitrogens with one attached hydrogen (secondary N) is 2. The Morgan fingerprint density at radius 2 is 1.79 bits per heavy atom. The van der Waals surface area contributed by atoms with Crippen LogP contribution in [0, 0.1) is 11.6 Å². The van der Waals surface area contributed by atoms with Crippen LogP contribution in [0.15, 0.2) is 71.3 Å². The minimum atomic E-state index is -0.868. The van der Waals surface area contributed by atoms with Gasteiger partial charge in [0.15, 0.2) is 0 Å².